The van der Waals surface area contributed by atoms with Crippen LogP contribution >= 0.6 is 31.9 Å². The fraction of sp³-hybridized carbons (Fsp3) is 0.143. The molecule has 2 N–H and O–H groups in total. The highest BCUT2D eigenvalue weighted by molar-refractivity contribution is 9.11. The van der Waals surface area contributed by atoms with E-state index in [1.165, 1.54) is 6.07 Å². The van der Waals surface area contributed by atoms with Crippen LogP contribution in [-0.2, 0) is 0 Å². The summed E-state index contributed by atoms with van der Waals surface area (Å²) < 4.78 is 21.2. The summed E-state index contributed by atoms with van der Waals surface area (Å²) in [5.74, 6) is 0.278. The van der Waals surface area contributed by atoms with Crippen LogP contribution in [0.1, 0.15) is 18.5 Å². The number of nitrogens with two attached hydrogens (primary N) is 1. The molecule has 2 rings (SSSR count). The summed E-state index contributed by atoms with van der Waals surface area (Å²) in [5, 5.41) is 0. The van der Waals surface area contributed by atoms with Gasteiger partial charge in [0.15, 0.2) is 11.6 Å². The van der Waals surface area contributed by atoms with Crippen LogP contribution < -0.4 is 10.5 Å². The first-order valence-corrected chi connectivity index (χ1v) is 7.24. The van der Waals surface area contributed by atoms with Gasteiger partial charge in [-0.3, -0.25) is 0 Å². The predicted molar refractivity (Wildman–Crippen MR) is 80.9 cm³/mol. The van der Waals surface area contributed by atoms with Gasteiger partial charge in [0.25, 0.3) is 0 Å². The maximum absolute atomic E-state index is 13.9. The van der Waals surface area contributed by atoms with E-state index in [9.17, 15) is 4.39 Å². The van der Waals surface area contributed by atoms with Crippen molar-refractivity contribution in [2.75, 3.05) is 0 Å². The summed E-state index contributed by atoms with van der Waals surface area (Å²) >= 11 is 6.74. The van der Waals surface area contributed by atoms with Crippen LogP contribution in [0.3, 0.4) is 0 Å². The zero-order chi connectivity index (χ0) is 14.0. The van der Waals surface area contributed by atoms with E-state index in [1.807, 2.05) is 12.1 Å². The van der Waals surface area contributed by atoms with Crippen LogP contribution in [0.4, 0.5) is 4.39 Å². The van der Waals surface area contributed by atoms with Gasteiger partial charge in [-0.05, 0) is 47.1 Å². The molecule has 0 aliphatic rings. The molecule has 0 heterocycles. The Kier molecular flexibility index (Phi) is 4.60. The summed E-state index contributed by atoms with van der Waals surface area (Å²) in [6.07, 6.45) is 0. The Labute approximate surface area is 128 Å². The van der Waals surface area contributed by atoms with E-state index < -0.39 is 5.82 Å². The first-order valence-electron chi connectivity index (χ1n) is 5.66. The van der Waals surface area contributed by atoms with E-state index in [4.69, 9.17) is 10.5 Å². The standard InChI is InChI=1S/C14H12Br2FNO/c1-8(18)10-3-2-4-12(17)14(10)19-13-6-5-9(15)7-11(13)16/h2-8H,18H2,1H3/t8-/m1/s1. The van der Waals surface area contributed by atoms with Gasteiger partial charge in [0.05, 0.1) is 4.47 Å². The van der Waals surface area contributed by atoms with Gasteiger partial charge in [0.1, 0.15) is 5.75 Å². The van der Waals surface area contributed by atoms with Gasteiger partial charge < -0.3 is 10.5 Å². The summed E-state index contributed by atoms with van der Waals surface area (Å²) in [5.41, 5.74) is 6.47. The van der Waals surface area contributed by atoms with Gasteiger partial charge in [0.2, 0.25) is 0 Å². The van der Waals surface area contributed by atoms with Crippen molar-refractivity contribution >= 4 is 31.9 Å². The average Bonchev–Trinajstić information content (AvgIpc) is 2.34. The molecule has 0 saturated carbocycles. The van der Waals surface area contributed by atoms with Crippen molar-refractivity contribution < 1.29 is 9.13 Å². The van der Waals surface area contributed by atoms with Gasteiger partial charge in [-0.2, -0.15) is 0 Å². The Morgan fingerprint density at radius 1 is 1.21 bits per heavy atom. The molecule has 0 radical (unpaired) electrons. The van der Waals surface area contributed by atoms with Crippen molar-refractivity contribution in [1.29, 1.82) is 0 Å². The van der Waals surface area contributed by atoms with Crippen LogP contribution in [0.5, 0.6) is 11.5 Å². The highest BCUT2D eigenvalue weighted by Crippen LogP contribution is 2.36. The van der Waals surface area contributed by atoms with Crippen molar-refractivity contribution in [3.05, 3.63) is 56.7 Å². The van der Waals surface area contributed by atoms with Crippen molar-refractivity contribution in [3.63, 3.8) is 0 Å². The number of benzene rings is 2. The molecule has 0 saturated heterocycles. The van der Waals surface area contributed by atoms with E-state index in [0.717, 1.165) is 8.95 Å². The third kappa shape index (κ3) is 3.35. The minimum atomic E-state index is -0.426. The summed E-state index contributed by atoms with van der Waals surface area (Å²) in [6.45, 7) is 1.79. The molecule has 100 valence electrons. The zero-order valence-corrected chi connectivity index (χ0v) is 13.3. The first-order chi connectivity index (χ1) is 8.99. The Balaban J connectivity index is 2.43. The number of rotatable bonds is 3. The molecule has 0 spiro atoms. The van der Waals surface area contributed by atoms with Crippen molar-refractivity contribution in [1.82, 2.24) is 0 Å². The van der Waals surface area contributed by atoms with Gasteiger partial charge in [-0.1, -0.05) is 28.1 Å². The van der Waals surface area contributed by atoms with Gasteiger partial charge in [-0.25, -0.2) is 4.39 Å². The molecule has 2 nitrogen and oxygen atoms in total. The Bertz CT molecular complexity index is 602. The fourth-order valence-electron chi connectivity index (χ4n) is 1.66. The maximum Gasteiger partial charge on any atom is 0.167 e. The molecule has 0 fully saturated rings. The summed E-state index contributed by atoms with van der Waals surface area (Å²) in [4.78, 5) is 0. The zero-order valence-electron chi connectivity index (χ0n) is 10.2. The van der Waals surface area contributed by atoms with Crippen LogP contribution in [0.2, 0.25) is 0 Å². The lowest BCUT2D eigenvalue weighted by atomic mass is 10.1. The van der Waals surface area contributed by atoms with Crippen LogP contribution in [-0.4, -0.2) is 0 Å². The normalized spacial score (nSPS) is 12.3. The number of hydrogen-bond donors (Lipinski definition) is 1. The summed E-state index contributed by atoms with van der Waals surface area (Å²) in [6, 6.07) is 9.85. The lowest BCUT2D eigenvalue weighted by molar-refractivity contribution is 0.430. The third-order valence-corrected chi connectivity index (χ3v) is 3.71. The largest absolute Gasteiger partial charge is 0.453 e. The molecule has 1 atom stereocenters. The van der Waals surface area contributed by atoms with Gasteiger partial charge in [-0.15, -0.1) is 0 Å². The number of hydrogen-bond acceptors (Lipinski definition) is 2. The molecule has 0 bridgehead atoms. The van der Waals surface area contributed by atoms with Crippen molar-refractivity contribution in [2.24, 2.45) is 5.73 Å². The SMILES string of the molecule is C[C@@H](N)c1cccc(F)c1Oc1ccc(Br)cc1Br. The van der Waals surface area contributed by atoms with Gasteiger partial charge >= 0.3 is 0 Å². The molecule has 0 aliphatic carbocycles. The van der Waals surface area contributed by atoms with Crippen molar-refractivity contribution in [3.8, 4) is 11.5 Å². The summed E-state index contributed by atoms with van der Waals surface area (Å²) in [7, 11) is 0. The highest BCUT2D eigenvalue weighted by atomic mass is 79.9. The molecule has 0 unspecified atom stereocenters. The van der Waals surface area contributed by atoms with Crippen LogP contribution in [0.25, 0.3) is 0 Å². The molecular formula is C14H12Br2FNO. The molecule has 2 aromatic rings. The lowest BCUT2D eigenvalue weighted by Crippen LogP contribution is -2.07. The number of para-hydroxylation sites is 1. The van der Waals surface area contributed by atoms with E-state index in [0.29, 0.717) is 11.3 Å². The second kappa shape index (κ2) is 6.03. The molecule has 0 aromatic heterocycles. The molecule has 0 amide bonds. The van der Waals surface area contributed by atoms with Crippen LogP contribution in [0.15, 0.2) is 45.3 Å². The van der Waals surface area contributed by atoms with Crippen LogP contribution in [0, 0.1) is 5.82 Å². The topological polar surface area (TPSA) is 35.2 Å². The lowest BCUT2D eigenvalue weighted by Gasteiger charge is -2.15. The third-order valence-electron chi connectivity index (χ3n) is 2.59. The van der Waals surface area contributed by atoms with Gasteiger partial charge in [0, 0.05) is 16.1 Å². The van der Waals surface area contributed by atoms with E-state index >= 15 is 0 Å². The minimum absolute atomic E-state index is 0.167. The molecule has 0 aliphatic heterocycles. The van der Waals surface area contributed by atoms with Crippen molar-refractivity contribution in [2.45, 2.75) is 13.0 Å². The molecule has 19 heavy (non-hydrogen) atoms. The first kappa shape index (κ1) is 14.5. The Hall–Kier alpha value is -0.910. The molecule has 5 heteroatoms. The quantitative estimate of drug-likeness (QED) is 0.787. The van der Waals surface area contributed by atoms with E-state index in [-0.39, 0.29) is 11.8 Å². The second-order valence-corrected chi connectivity index (χ2v) is 5.89. The second-order valence-electron chi connectivity index (χ2n) is 4.12. The molecule has 2 aromatic carbocycles. The Morgan fingerprint density at radius 2 is 1.95 bits per heavy atom. The highest BCUT2D eigenvalue weighted by Gasteiger charge is 2.15. The number of ether oxygens (including phenoxy) is 1. The average molecular weight is 389 g/mol. The van der Waals surface area contributed by atoms with E-state index in [2.05, 4.69) is 31.9 Å². The minimum Gasteiger partial charge on any atom is -0.453 e. The fourth-order valence-corrected chi connectivity index (χ4v) is 2.79. The predicted octanol–water partition coefficient (Wildman–Crippen LogP) is 5.16. The Morgan fingerprint density at radius 3 is 2.58 bits per heavy atom. The smallest absolute Gasteiger partial charge is 0.167 e. The monoisotopic (exact) mass is 387 g/mol. The maximum atomic E-state index is 13.9. The number of halogens is 3. The van der Waals surface area contributed by atoms with E-state index in [1.54, 1.807) is 25.1 Å². The molecular weight excluding hydrogens is 377 g/mol.